The zero-order valence-corrected chi connectivity index (χ0v) is 13.5. The smallest absolute Gasteiger partial charge is 0.306 e. The van der Waals surface area contributed by atoms with Gasteiger partial charge in [0, 0.05) is 23.0 Å². The summed E-state index contributed by atoms with van der Waals surface area (Å²) in [5, 5.41) is 1.19. The molecule has 1 rings (SSSR count). The number of carbonyl (C=O) groups excluding carboxylic acids is 1. The van der Waals surface area contributed by atoms with Crippen LogP contribution < -0.4 is 0 Å². The predicted octanol–water partition coefficient (Wildman–Crippen LogP) is 3.81. The molecule has 5 heteroatoms. The molecule has 0 aliphatic heterocycles. The molecule has 1 aromatic rings. The second-order valence-corrected chi connectivity index (χ2v) is 5.33. The lowest BCUT2D eigenvalue weighted by Gasteiger charge is -2.17. The van der Waals surface area contributed by atoms with E-state index in [1.807, 2.05) is 6.07 Å². The Balaban J connectivity index is 2.29. The molecule has 0 aromatic heterocycles. The van der Waals surface area contributed by atoms with Crippen LogP contribution in [0.4, 0.5) is 0 Å². The highest BCUT2D eigenvalue weighted by Crippen LogP contribution is 2.22. The summed E-state index contributed by atoms with van der Waals surface area (Å²) in [5.74, 6) is -0.192. The van der Waals surface area contributed by atoms with Gasteiger partial charge >= 0.3 is 5.97 Å². The maximum absolute atomic E-state index is 11.6. The van der Waals surface area contributed by atoms with Gasteiger partial charge in [-0.2, -0.15) is 0 Å². The van der Waals surface area contributed by atoms with Crippen molar-refractivity contribution in [1.82, 2.24) is 4.90 Å². The van der Waals surface area contributed by atoms with E-state index in [2.05, 4.69) is 18.7 Å². The van der Waals surface area contributed by atoms with E-state index in [0.717, 1.165) is 25.2 Å². The minimum Gasteiger partial charge on any atom is -0.464 e. The van der Waals surface area contributed by atoms with Crippen molar-refractivity contribution in [2.75, 3.05) is 26.2 Å². The Morgan fingerprint density at radius 3 is 2.55 bits per heavy atom. The van der Waals surface area contributed by atoms with Gasteiger partial charge in [-0.3, -0.25) is 4.79 Å². The first kappa shape index (κ1) is 17.3. The molecular formula is C15H21Cl2NO2. The number of aryl methyl sites for hydroxylation is 1. The van der Waals surface area contributed by atoms with Crippen molar-refractivity contribution < 1.29 is 9.53 Å². The fourth-order valence-electron chi connectivity index (χ4n) is 1.86. The quantitative estimate of drug-likeness (QED) is 0.683. The second kappa shape index (κ2) is 9.22. The number of halogens is 2. The number of esters is 1. The fourth-order valence-corrected chi connectivity index (χ4v) is 2.36. The van der Waals surface area contributed by atoms with Crippen LogP contribution in [-0.2, 0) is 16.0 Å². The van der Waals surface area contributed by atoms with Gasteiger partial charge in [-0.15, -0.1) is 0 Å². The topological polar surface area (TPSA) is 29.5 Å². The van der Waals surface area contributed by atoms with Crippen molar-refractivity contribution in [1.29, 1.82) is 0 Å². The van der Waals surface area contributed by atoms with Crippen LogP contribution in [0.1, 0.15) is 25.8 Å². The standard InChI is InChI=1S/C15H21Cl2NO2/c1-3-18(4-2)9-10-20-15(19)8-6-12-5-7-13(16)11-14(12)17/h5,7,11H,3-4,6,8-10H2,1-2H3. The van der Waals surface area contributed by atoms with Gasteiger partial charge in [-0.1, -0.05) is 43.1 Å². The van der Waals surface area contributed by atoms with Crippen molar-refractivity contribution >= 4 is 29.2 Å². The average Bonchev–Trinajstić information content (AvgIpc) is 2.42. The minimum absolute atomic E-state index is 0.192. The third-order valence-electron chi connectivity index (χ3n) is 3.18. The molecule has 0 radical (unpaired) electrons. The van der Waals surface area contributed by atoms with E-state index in [9.17, 15) is 4.79 Å². The van der Waals surface area contributed by atoms with Crippen LogP contribution in [0.5, 0.6) is 0 Å². The molecule has 20 heavy (non-hydrogen) atoms. The van der Waals surface area contributed by atoms with Crippen LogP contribution in [0, 0.1) is 0 Å². The highest BCUT2D eigenvalue weighted by Gasteiger charge is 2.07. The first-order valence-corrected chi connectivity index (χ1v) is 7.64. The fraction of sp³-hybridized carbons (Fsp3) is 0.533. The Hall–Kier alpha value is -0.770. The molecular weight excluding hydrogens is 297 g/mol. The van der Waals surface area contributed by atoms with Gasteiger partial charge in [-0.25, -0.2) is 0 Å². The summed E-state index contributed by atoms with van der Waals surface area (Å²) in [7, 11) is 0. The number of hydrogen-bond acceptors (Lipinski definition) is 3. The number of benzene rings is 1. The highest BCUT2D eigenvalue weighted by atomic mass is 35.5. The molecule has 0 amide bonds. The summed E-state index contributed by atoms with van der Waals surface area (Å²) < 4.78 is 5.21. The maximum atomic E-state index is 11.6. The van der Waals surface area contributed by atoms with E-state index in [4.69, 9.17) is 27.9 Å². The van der Waals surface area contributed by atoms with Gasteiger partial charge in [-0.05, 0) is 37.2 Å². The number of nitrogens with zero attached hydrogens (tertiary/aromatic N) is 1. The molecule has 0 unspecified atom stereocenters. The minimum atomic E-state index is -0.192. The van der Waals surface area contributed by atoms with E-state index >= 15 is 0 Å². The molecule has 0 fully saturated rings. The van der Waals surface area contributed by atoms with Crippen molar-refractivity contribution in [3.8, 4) is 0 Å². The Bertz CT molecular complexity index is 434. The van der Waals surface area contributed by atoms with Gasteiger partial charge < -0.3 is 9.64 Å². The van der Waals surface area contributed by atoms with Crippen molar-refractivity contribution in [2.24, 2.45) is 0 Å². The summed E-state index contributed by atoms with van der Waals surface area (Å²) in [4.78, 5) is 13.9. The lowest BCUT2D eigenvalue weighted by molar-refractivity contribution is -0.144. The zero-order valence-electron chi connectivity index (χ0n) is 12.0. The SMILES string of the molecule is CCN(CC)CCOC(=O)CCc1ccc(Cl)cc1Cl. The van der Waals surface area contributed by atoms with Crippen molar-refractivity contribution in [2.45, 2.75) is 26.7 Å². The maximum Gasteiger partial charge on any atom is 0.306 e. The number of ether oxygens (including phenoxy) is 1. The number of likely N-dealkylation sites (N-methyl/N-ethyl adjacent to an activating group) is 1. The summed E-state index contributed by atoms with van der Waals surface area (Å²) in [5.41, 5.74) is 0.914. The van der Waals surface area contributed by atoms with Crippen LogP contribution in [-0.4, -0.2) is 37.1 Å². The van der Waals surface area contributed by atoms with Crippen molar-refractivity contribution in [3.05, 3.63) is 33.8 Å². The molecule has 0 saturated carbocycles. The van der Waals surface area contributed by atoms with Gasteiger partial charge in [0.05, 0.1) is 0 Å². The van der Waals surface area contributed by atoms with Gasteiger partial charge in [0.15, 0.2) is 0 Å². The predicted molar refractivity (Wildman–Crippen MR) is 83.5 cm³/mol. The highest BCUT2D eigenvalue weighted by molar-refractivity contribution is 6.35. The molecule has 0 spiro atoms. The molecule has 0 atom stereocenters. The number of carbonyl (C=O) groups is 1. The molecule has 0 bridgehead atoms. The molecule has 0 aliphatic carbocycles. The van der Waals surface area contributed by atoms with E-state index < -0.39 is 0 Å². The van der Waals surface area contributed by atoms with E-state index in [1.54, 1.807) is 12.1 Å². The van der Waals surface area contributed by atoms with E-state index in [0.29, 0.717) is 29.5 Å². The van der Waals surface area contributed by atoms with Crippen LogP contribution in [0.25, 0.3) is 0 Å². The molecule has 0 N–H and O–H groups in total. The second-order valence-electron chi connectivity index (χ2n) is 4.48. The normalized spacial score (nSPS) is 10.8. The Morgan fingerprint density at radius 2 is 1.95 bits per heavy atom. The van der Waals surface area contributed by atoms with Crippen LogP contribution in [0.15, 0.2) is 18.2 Å². The summed E-state index contributed by atoms with van der Waals surface area (Å²) in [6.07, 6.45) is 0.902. The van der Waals surface area contributed by atoms with Gasteiger partial charge in [0.2, 0.25) is 0 Å². The Labute approximate surface area is 130 Å². The molecule has 0 aliphatic rings. The van der Waals surface area contributed by atoms with E-state index in [-0.39, 0.29) is 5.97 Å². The molecule has 3 nitrogen and oxygen atoms in total. The first-order valence-electron chi connectivity index (χ1n) is 6.88. The van der Waals surface area contributed by atoms with Gasteiger partial charge in [0.1, 0.15) is 6.61 Å². The largest absolute Gasteiger partial charge is 0.464 e. The Kier molecular flexibility index (Phi) is 7.97. The lowest BCUT2D eigenvalue weighted by atomic mass is 10.1. The van der Waals surface area contributed by atoms with Crippen LogP contribution in [0.2, 0.25) is 10.0 Å². The Morgan fingerprint density at radius 1 is 1.25 bits per heavy atom. The third kappa shape index (κ3) is 6.12. The van der Waals surface area contributed by atoms with Gasteiger partial charge in [0.25, 0.3) is 0 Å². The number of hydrogen-bond donors (Lipinski definition) is 0. The van der Waals surface area contributed by atoms with Crippen LogP contribution in [0.3, 0.4) is 0 Å². The molecule has 0 heterocycles. The lowest BCUT2D eigenvalue weighted by Crippen LogP contribution is -2.27. The summed E-state index contributed by atoms with van der Waals surface area (Å²) >= 11 is 11.9. The average molecular weight is 318 g/mol. The molecule has 0 saturated heterocycles. The zero-order chi connectivity index (χ0) is 15.0. The first-order chi connectivity index (χ1) is 9.56. The van der Waals surface area contributed by atoms with Crippen LogP contribution >= 0.6 is 23.2 Å². The monoisotopic (exact) mass is 317 g/mol. The molecule has 1 aromatic carbocycles. The number of rotatable bonds is 8. The van der Waals surface area contributed by atoms with E-state index in [1.165, 1.54) is 0 Å². The third-order valence-corrected chi connectivity index (χ3v) is 3.77. The molecule has 112 valence electrons. The summed E-state index contributed by atoms with van der Waals surface area (Å²) in [6, 6.07) is 5.30. The summed E-state index contributed by atoms with van der Waals surface area (Å²) in [6.45, 7) is 7.33. The van der Waals surface area contributed by atoms with Crippen molar-refractivity contribution in [3.63, 3.8) is 0 Å².